The molecule has 2 atom stereocenters. The van der Waals surface area contributed by atoms with E-state index in [4.69, 9.17) is 21.7 Å². The molecule has 1 saturated heterocycles. The van der Waals surface area contributed by atoms with E-state index < -0.39 is 0 Å². The van der Waals surface area contributed by atoms with Crippen LogP contribution in [-0.4, -0.2) is 50.0 Å². The summed E-state index contributed by atoms with van der Waals surface area (Å²) in [5.74, 6) is 1.94. The second kappa shape index (κ2) is 8.88. The molecular weight excluding hydrogens is 455 g/mol. The van der Waals surface area contributed by atoms with Gasteiger partial charge in [-0.25, -0.2) is 9.37 Å². The second-order valence-electron chi connectivity index (χ2n) is 9.15. The van der Waals surface area contributed by atoms with Crippen molar-refractivity contribution < 1.29 is 4.39 Å². The average molecular weight is 483 g/mol. The standard InChI is InChI=1S/C24H28ClFN8/c1-13-7-22(31-30-13)28-21-10-23(33-11-14(2)27-15(3)12-33)34-24(29-21)19(16(4)32-34)8-17-5-6-18(25)9-20(17)26/h5-7,9-10,14-15,27H,8,11-12H2,1-4H3,(H2,28,29,30,31). The zero-order valence-electron chi connectivity index (χ0n) is 19.7. The number of aromatic amines is 1. The maximum atomic E-state index is 14.6. The van der Waals surface area contributed by atoms with Crippen LogP contribution in [0.25, 0.3) is 5.65 Å². The molecule has 0 amide bonds. The van der Waals surface area contributed by atoms with Gasteiger partial charge in [0.1, 0.15) is 17.5 Å². The molecule has 1 fully saturated rings. The first-order valence-corrected chi connectivity index (χ1v) is 11.8. The molecule has 178 valence electrons. The van der Waals surface area contributed by atoms with Crippen molar-refractivity contribution >= 4 is 34.7 Å². The first kappa shape index (κ1) is 22.6. The van der Waals surface area contributed by atoms with Crippen molar-refractivity contribution in [3.63, 3.8) is 0 Å². The number of halogens is 2. The Morgan fingerprint density at radius 1 is 1.12 bits per heavy atom. The predicted octanol–water partition coefficient (Wildman–Crippen LogP) is 4.38. The van der Waals surface area contributed by atoms with Gasteiger partial charge in [-0.15, -0.1) is 0 Å². The Morgan fingerprint density at radius 3 is 2.56 bits per heavy atom. The van der Waals surface area contributed by atoms with E-state index in [1.54, 1.807) is 12.1 Å². The van der Waals surface area contributed by atoms with E-state index in [1.165, 1.54) is 6.07 Å². The largest absolute Gasteiger partial charge is 0.353 e. The maximum absolute atomic E-state index is 14.6. The van der Waals surface area contributed by atoms with E-state index in [9.17, 15) is 4.39 Å². The number of aromatic nitrogens is 5. The smallest absolute Gasteiger partial charge is 0.163 e. The summed E-state index contributed by atoms with van der Waals surface area (Å²) < 4.78 is 16.5. The SMILES string of the molecule is Cc1cc(Nc2cc(N3CC(C)NC(C)C3)n3nc(C)c(Cc4ccc(Cl)cc4F)c3n2)n[nH]1. The van der Waals surface area contributed by atoms with E-state index in [0.717, 1.165) is 35.9 Å². The van der Waals surface area contributed by atoms with E-state index in [1.807, 2.05) is 30.5 Å². The van der Waals surface area contributed by atoms with Crippen LogP contribution < -0.4 is 15.5 Å². The molecule has 0 radical (unpaired) electrons. The number of piperazine rings is 1. The second-order valence-corrected chi connectivity index (χ2v) is 9.58. The van der Waals surface area contributed by atoms with Gasteiger partial charge >= 0.3 is 0 Å². The quantitative estimate of drug-likeness (QED) is 0.391. The lowest BCUT2D eigenvalue weighted by Crippen LogP contribution is -2.54. The molecular formula is C24H28ClFN8. The minimum atomic E-state index is -0.336. The van der Waals surface area contributed by atoms with Crippen LogP contribution in [0.3, 0.4) is 0 Å². The number of nitrogens with zero attached hydrogens (tertiary/aromatic N) is 5. The zero-order valence-corrected chi connectivity index (χ0v) is 20.4. The molecule has 3 aromatic heterocycles. The third kappa shape index (κ3) is 4.45. The van der Waals surface area contributed by atoms with Crippen LogP contribution >= 0.6 is 11.6 Å². The number of aryl methyl sites for hydroxylation is 2. The molecule has 1 aromatic carbocycles. The Labute approximate surface area is 202 Å². The zero-order chi connectivity index (χ0) is 24.0. The van der Waals surface area contributed by atoms with Gasteiger partial charge < -0.3 is 15.5 Å². The van der Waals surface area contributed by atoms with Crippen LogP contribution in [0.2, 0.25) is 5.02 Å². The van der Waals surface area contributed by atoms with E-state index >= 15 is 0 Å². The Morgan fingerprint density at radius 2 is 1.88 bits per heavy atom. The molecule has 5 rings (SSSR count). The summed E-state index contributed by atoms with van der Waals surface area (Å²) in [5, 5.41) is 19.3. The van der Waals surface area contributed by atoms with Gasteiger partial charge in [0.05, 0.1) is 5.69 Å². The molecule has 4 aromatic rings. The van der Waals surface area contributed by atoms with Crippen LogP contribution in [0, 0.1) is 19.7 Å². The molecule has 2 unspecified atom stereocenters. The highest BCUT2D eigenvalue weighted by Gasteiger charge is 2.26. The van der Waals surface area contributed by atoms with Crippen LogP contribution in [0.4, 0.5) is 21.8 Å². The van der Waals surface area contributed by atoms with E-state index in [0.29, 0.717) is 46.4 Å². The van der Waals surface area contributed by atoms with Crippen LogP contribution in [0.15, 0.2) is 30.3 Å². The fraction of sp³-hybridized carbons (Fsp3) is 0.375. The molecule has 0 aliphatic carbocycles. The normalized spacial score (nSPS) is 18.6. The maximum Gasteiger partial charge on any atom is 0.163 e. The van der Waals surface area contributed by atoms with Crippen molar-refractivity contribution in [2.45, 2.75) is 46.2 Å². The van der Waals surface area contributed by atoms with Crippen LogP contribution in [0.1, 0.15) is 36.4 Å². The van der Waals surface area contributed by atoms with Crippen molar-refractivity contribution in [2.24, 2.45) is 0 Å². The van der Waals surface area contributed by atoms with Gasteiger partial charge in [0.25, 0.3) is 0 Å². The summed E-state index contributed by atoms with van der Waals surface area (Å²) in [4.78, 5) is 7.20. The summed E-state index contributed by atoms with van der Waals surface area (Å²) in [5.41, 5.74) is 3.88. The number of rotatable bonds is 5. The van der Waals surface area contributed by atoms with Gasteiger partial charge in [-0.1, -0.05) is 17.7 Å². The topological polar surface area (TPSA) is 86.2 Å². The third-order valence-electron chi connectivity index (χ3n) is 6.09. The van der Waals surface area contributed by atoms with Crippen molar-refractivity contribution in [2.75, 3.05) is 23.3 Å². The van der Waals surface area contributed by atoms with Gasteiger partial charge in [-0.05, 0) is 45.4 Å². The predicted molar refractivity (Wildman–Crippen MR) is 133 cm³/mol. The monoisotopic (exact) mass is 482 g/mol. The number of anilines is 3. The molecule has 0 saturated carbocycles. The minimum absolute atomic E-state index is 0.330. The molecule has 8 nitrogen and oxygen atoms in total. The summed E-state index contributed by atoms with van der Waals surface area (Å²) in [6.07, 6.45) is 0.365. The highest BCUT2D eigenvalue weighted by Crippen LogP contribution is 2.29. The first-order chi connectivity index (χ1) is 16.3. The number of nitrogens with one attached hydrogen (secondary N) is 3. The van der Waals surface area contributed by atoms with Gasteiger partial charge in [0.2, 0.25) is 0 Å². The van der Waals surface area contributed by atoms with Gasteiger partial charge in [0.15, 0.2) is 11.5 Å². The van der Waals surface area contributed by atoms with Crippen LogP contribution in [-0.2, 0) is 6.42 Å². The Kier molecular flexibility index (Phi) is 5.91. The van der Waals surface area contributed by atoms with Crippen molar-refractivity contribution in [1.82, 2.24) is 30.1 Å². The Hall–Kier alpha value is -3.17. The molecule has 3 N–H and O–H groups in total. The summed E-state index contributed by atoms with van der Waals surface area (Å²) in [6.45, 7) is 9.91. The average Bonchev–Trinajstić information content (AvgIpc) is 3.31. The number of benzene rings is 1. The lowest BCUT2D eigenvalue weighted by atomic mass is 10.0. The van der Waals surface area contributed by atoms with Crippen molar-refractivity contribution in [3.8, 4) is 0 Å². The number of fused-ring (bicyclic) bond motifs is 1. The van der Waals surface area contributed by atoms with Gasteiger partial charge in [-0.3, -0.25) is 5.10 Å². The summed E-state index contributed by atoms with van der Waals surface area (Å²) in [7, 11) is 0. The van der Waals surface area contributed by atoms with Crippen molar-refractivity contribution in [3.05, 3.63) is 63.7 Å². The van der Waals surface area contributed by atoms with Crippen molar-refractivity contribution in [1.29, 1.82) is 0 Å². The molecule has 0 bridgehead atoms. The van der Waals surface area contributed by atoms with Gasteiger partial charge in [0, 0.05) is 60.0 Å². The Bertz CT molecular complexity index is 1340. The van der Waals surface area contributed by atoms with E-state index in [2.05, 4.69) is 39.6 Å². The molecule has 10 heteroatoms. The van der Waals surface area contributed by atoms with Crippen LogP contribution in [0.5, 0.6) is 0 Å². The molecule has 1 aliphatic heterocycles. The lowest BCUT2D eigenvalue weighted by molar-refractivity contribution is 0.404. The fourth-order valence-electron chi connectivity index (χ4n) is 4.63. The third-order valence-corrected chi connectivity index (χ3v) is 6.33. The minimum Gasteiger partial charge on any atom is -0.353 e. The lowest BCUT2D eigenvalue weighted by Gasteiger charge is -2.37. The highest BCUT2D eigenvalue weighted by molar-refractivity contribution is 6.30. The Balaban J connectivity index is 1.63. The molecule has 0 spiro atoms. The van der Waals surface area contributed by atoms with E-state index in [-0.39, 0.29) is 5.82 Å². The number of hydrogen-bond acceptors (Lipinski definition) is 6. The fourth-order valence-corrected chi connectivity index (χ4v) is 4.79. The molecule has 4 heterocycles. The summed E-state index contributed by atoms with van der Waals surface area (Å²) >= 11 is 5.96. The summed E-state index contributed by atoms with van der Waals surface area (Å²) in [6, 6.07) is 9.35. The van der Waals surface area contributed by atoms with Gasteiger partial charge in [-0.2, -0.15) is 14.7 Å². The first-order valence-electron chi connectivity index (χ1n) is 11.4. The molecule has 1 aliphatic rings. The number of H-pyrrole nitrogens is 1. The molecule has 34 heavy (non-hydrogen) atoms. The number of hydrogen-bond donors (Lipinski definition) is 3. The highest BCUT2D eigenvalue weighted by atomic mass is 35.5.